The van der Waals surface area contributed by atoms with Crippen LogP contribution in [-0.4, -0.2) is 17.5 Å². The molecule has 2 N–H and O–H groups in total. The van der Waals surface area contributed by atoms with Gasteiger partial charge >= 0.3 is 0 Å². The van der Waals surface area contributed by atoms with Gasteiger partial charge in [-0.25, -0.2) is 5.43 Å². The number of hydrogen-bond acceptors (Lipinski definition) is 4. The summed E-state index contributed by atoms with van der Waals surface area (Å²) in [7, 11) is 0. The van der Waals surface area contributed by atoms with E-state index < -0.39 is 0 Å². The zero-order valence-electron chi connectivity index (χ0n) is 20.7. The van der Waals surface area contributed by atoms with E-state index >= 15 is 0 Å². The summed E-state index contributed by atoms with van der Waals surface area (Å²) in [5, 5.41) is 6.90. The lowest BCUT2D eigenvalue weighted by Crippen LogP contribution is -2.22. The van der Waals surface area contributed by atoms with Crippen molar-refractivity contribution < 1.29 is 14.3 Å². The van der Waals surface area contributed by atoms with Gasteiger partial charge in [0, 0.05) is 11.4 Å². The van der Waals surface area contributed by atoms with Gasteiger partial charge in [-0.15, -0.1) is 0 Å². The zero-order valence-corrected chi connectivity index (χ0v) is 20.7. The highest BCUT2D eigenvalue weighted by molar-refractivity contribution is 6.05. The lowest BCUT2D eigenvalue weighted by atomic mass is 10.0. The molecule has 0 heterocycles. The molecule has 6 heteroatoms. The van der Waals surface area contributed by atoms with Gasteiger partial charge in [-0.2, -0.15) is 5.10 Å². The second kappa shape index (κ2) is 12.8. The van der Waals surface area contributed by atoms with Crippen molar-refractivity contribution in [2.75, 3.05) is 5.32 Å². The van der Waals surface area contributed by atoms with Gasteiger partial charge in [0.25, 0.3) is 0 Å². The van der Waals surface area contributed by atoms with Gasteiger partial charge < -0.3 is 10.1 Å². The number of amides is 2. The van der Waals surface area contributed by atoms with E-state index in [1.807, 2.05) is 97.1 Å². The van der Waals surface area contributed by atoms with Gasteiger partial charge in [0.1, 0.15) is 12.4 Å². The van der Waals surface area contributed by atoms with Crippen LogP contribution in [0.25, 0.3) is 11.1 Å². The van der Waals surface area contributed by atoms with Crippen molar-refractivity contribution in [2.24, 2.45) is 5.10 Å². The number of hydrazone groups is 1. The van der Waals surface area contributed by atoms with Crippen molar-refractivity contribution in [3.8, 4) is 16.9 Å². The molecule has 0 saturated carbocycles. The van der Waals surface area contributed by atoms with Crippen molar-refractivity contribution in [1.82, 2.24) is 5.43 Å². The topological polar surface area (TPSA) is 79.8 Å². The summed E-state index contributed by atoms with van der Waals surface area (Å²) in [6.45, 7) is 2.18. The molecule has 0 aliphatic heterocycles. The second-order valence-electron chi connectivity index (χ2n) is 8.65. The van der Waals surface area contributed by atoms with Crippen LogP contribution in [0.3, 0.4) is 0 Å². The van der Waals surface area contributed by atoms with Crippen molar-refractivity contribution in [2.45, 2.75) is 26.4 Å². The summed E-state index contributed by atoms with van der Waals surface area (Å²) in [4.78, 5) is 24.7. The molecule has 0 radical (unpaired) electrons. The summed E-state index contributed by atoms with van der Waals surface area (Å²) in [5.41, 5.74) is 7.90. The largest absolute Gasteiger partial charge is 0.489 e. The third-order valence-corrected chi connectivity index (χ3v) is 5.60. The summed E-state index contributed by atoms with van der Waals surface area (Å²) >= 11 is 0. The molecule has 0 bridgehead atoms. The molecule has 6 nitrogen and oxygen atoms in total. The van der Waals surface area contributed by atoms with E-state index in [4.69, 9.17) is 4.74 Å². The lowest BCUT2D eigenvalue weighted by molar-refractivity contribution is -0.120. The third kappa shape index (κ3) is 8.18. The molecule has 0 aliphatic rings. The summed E-state index contributed by atoms with van der Waals surface area (Å²) in [5.74, 6) is 0.264. The SMILES string of the molecule is CC(CC(=O)Nc1ccc(OCc2ccccc2)cc1)=NNC(=O)Cc1ccc(-c2ccccc2)cc1. The van der Waals surface area contributed by atoms with E-state index in [2.05, 4.69) is 15.8 Å². The molecular formula is C31H29N3O3. The molecule has 0 aliphatic carbocycles. The molecule has 4 aromatic carbocycles. The van der Waals surface area contributed by atoms with Crippen LogP contribution >= 0.6 is 0 Å². The zero-order chi connectivity index (χ0) is 25.9. The smallest absolute Gasteiger partial charge is 0.244 e. The minimum Gasteiger partial charge on any atom is -0.489 e. The Kier molecular flexibility index (Phi) is 8.81. The highest BCUT2D eigenvalue weighted by atomic mass is 16.5. The first-order chi connectivity index (χ1) is 18.0. The van der Waals surface area contributed by atoms with Crippen LogP contribution < -0.4 is 15.5 Å². The van der Waals surface area contributed by atoms with Crippen molar-refractivity contribution in [1.29, 1.82) is 0 Å². The van der Waals surface area contributed by atoms with Crippen molar-refractivity contribution >= 4 is 23.2 Å². The summed E-state index contributed by atoms with van der Waals surface area (Å²) < 4.78 is 5.77. The van der Waals surface area contributed by atoms with Crippen LogP contribution in [0.15, 0.2) is 114 Å². The Balaban J connectivity index is 1.20. The molecule has 0 spiro atoms. The summed E-state index contributed by atoms with van der Waals surface area (Å²) in [6, 6.07) is 35.0. The fraction of sp³-hybridized carbons (Fsp3) is 0.129. The van der Waals surface area contributed by atoms with E-state index in [0.717, 1.165) is 28.0 Å². The minimum absolute atomic E-state index is 0.0678. The molecule has 186 valence electrons. The van der Waals surface area contributed by atoms with Crippen molar-refractivity contribution in [3.05, 3.63) is 120 Å². The van der Waals surface area contributed by atoms with E-state index in [9.17, 15) is 9.59 Å². The standard InChI is InChI=1S/C31H29N3O3/c1-23(33-34-31(36)21-24-12-14-27(15-13-24)26-10-6-3-7-11-26)20-30(35)32-28-16-18-29(19-17-28)37-22-25-8-4-2-5-9-25/h2-19H,20-22H2,1H3,(H,32,35)(H,34,36). The van der Waals surface area contributed by atoms with Gasteiger partial charge in [-0.05, 0) is 53.4 Å². The number of benzene rings is 4. The molecular weight excluding hydrogens is 462 g/mol. The van der Waals surface area contributed by atoms with Gasteiger partial charge in [0.2, 0.25) is 11.8 Å². The lowest BCUT2D eigenvalue weighted by Gasteiger charge is -2.09. The third-order valence-electron chi connectivity index (χ3n) is 5.60. The highest BCUT2D eigenvalue weighted by Gasteiger charge is 2.07. The van der Waals surface area contributed by atoms with Crippen LogP contribution in [0, 0.1) is 0 Å². The number of hydrogen-bond donors (Lipinski definition) is 2. The second-order valence-corrected chi connectivity index (χ2v) is 8.65. The molecule has 4 rings (SSSR count). The molecule has 0 unspecified atom stereocenters. The predicted octanol–water partition coefficient (Wildman–Crippen LogP) is 6.00. The summed E-state index contributed by atoms with van der Waals surface area (Å²) in [6.07, 6.45) is 0.273. The number of carbonyl (C=O) groups is 2. The van der Waals surface area contributed by atoms with E-state index in [0.29, 0.717) is 18.0 Å². The van der Waals surface area contributed by atoms with Gasteiger partial charge in [-0.3, -0.25) is 9.59 Å². The number of nitrogens with one attached hydrogen (secondary N) is 2. The molecule has 37 heavy (non-hydrogen) atoms. The van der Waals surface area contributed by atoms with Crippen LogP contribution in [0.2, 0.25) is 0 Å². The van der Waals surface area contributed by atoms with Crippen LogP contribution in [0.5, 0.6) is 5.75 Å². The van der Waals surface area contributed by atoms with Gasteiger partial charge in [0.05, 0.1) is 12.8 Å². The molecule has 0 fully saturated rings. The Hall–Kier alpha value is -4.71. The number of anilines is 1. The minimum atomic E-state index is -0.238. The van der Waals surface area contributed by atoms with E-state index in [1.54, 1.807) is 19.1 Å². The maximum Gasteiger partial charge on any atom is 0.244 e. The maximum absolute atomic E-state index is 12.4. The first-order valence-electron chi connectivity index (χ1n) is 12.1. The number of rotatable bonds is 10. The Labute approximate surface area is 217 Å². The van der Waals surface area contributed by atoms with Crippen LogP contribution in [0.1, 0.15) is 24.5 Å². The highest BCUT2D eigenvalue weighted by Crippen LogP contribution is 2.20. The molecule has 0 atom stereocenters. The van der Waals surface area contributed by atoms with Crippen LogP contribution in [-0.2, 0) is 22.6 Å². The maximum atomic E-state index is 12.4. The van der Waals surface area contributed by atoms with Crippen LogP contribution in [0.4, 0.5) is 5.69 Å². The predicted molar refractivity (Wildman–Crippen MR) is 147 cm³/mol. The van der Waals surface area contributed by atoms with Gasteiger partial charge in [0.15, 0.2) is 0 Å². The number of carbonyl (C=O) groups excluding carboxylic acids is 2. The molecule has 0 aromatic heterocycles. The Morgan fingerprint density at radius 2 is 1.32 bits per heavy atom. The Morgan fingerprint density at radius 1 is 0.703 bits per heavy atom. The Morgan fingerprint density at radius 3 is 2.00 bits per heavy atom. The fourth-order valence-electron chi connectivity index (χ4n) is 3.68. The number of nitrogens with zero attached hydrogens (tertiary/aromatic N) is 1. The fourth-order valence-corrected chi connectivity index (χ4v) is 3.68. The monoisotopic (exact) mass is 491 g/mol. The van der Waals surface area contributed by atoms with E-state index in [1.165, 1.54) is 0 Å². The molecule has 2 amide bonds. The van der Waals surface area contributed by atoms with Gasteiger partial charge in [-0.1, -0.05) is 84.9 Å². The first-order valence-corrected chi connectivity index (χ1v) is 12.1. The normalized spacial score (nSPS) is 11.0. The molecule has 4 aromatic rings. The first kappa shape index (κ1) is 25.4. The van der Waals surface area contributed by atoms with Crippen molar-refractivity contribution in [3.63, 3.8) is 0 Å². The molecule has 0 saturated heterocycles. The number of ether oxygens (including phenoxy) is 1. The Bertz CT molecular complexity index is 1330. The average molecular weight is 492 g/mol. The average Bonchev–Trinajstić information content (AvgIpc) is 2.93. The van der Waals surface area contributed by atoms with E-state index in [-0.39, 0.29) is 24.7 Å². The quantitative estimate of drug-likeness (QED) is 0.211.